The molecule has 0 saturated heterocycles. The van der Waals surface area contributed by atoms with Crippen LogP contribution in [0.5, 0.6) is 0 Å². The van der Waals surface area contributed by atoms with Crippen LogP contribution in [0.25, 0.3) is 0 Å². The lowest BCUT2D eigenvalue weighted by Crippen LogP contribution is -2.33. The van der Waals surface area contributed by atoms with Crippen LogP contribution in [-0.4, -0.2) is 18.1 Å². The van der Waals surface area contributed by atoms with Crippen molar-refractivity contribution in [3.63, 3.8) is 0 Å². The fourth-order valence-electron chi connectivity index (χ4n) is 1.58. The molecule has 3 nitrogen and oxygen atoms in total. The predicted molar refractivity (Wildman–Crippen MR) is 58.6 cm³/mol. The fourth-order valence-corrected chi connectivity index (χ4v) is 1.58. The van der Waals surface area contributed by atoms with E-state index < -0.39 is 5.54 Å². The van der Waals surface area contributed by atoms with E-state index >= 15 is 0 Å². The molecule has 2 rings (SSSR count). The number of ether oxygens (including phenoxy) is 1. The number of hydrogen-bond acceptors (Lipinski definition) is 3. The van der Waals surface area contributed by atoms with Gasteiger partial charge in [0.1, 0.15) is 11.4 Å². The molecule has 0 unspecified atom stereocenters. The second-order valence-electron chi connectivity index (χ2n) is 3.93. The number of hydrogen-bond donors (Lipinski definition) is 1. The Balaban J connectivity index is 2.04. The minimum absolute atomic E-state index is 0.223. The summed E-state index contributed by atoms with van der Waals surface area (Å²) in [6.45, 7) is 2.16. The zero-order valence-electron chi connectivity index (χ0n) is 9.13. The van der Waals surface area contributed by atoms with E-state index in [1.807, 2.05) is 0 Å². The largest absolute Gasteiger partial charge is 0.464 e. The van der Waals surface area contributed by atoms with Crippen molar-refractivity contribution in [2.45, 2.75) is 25.3 Å². The third-order valence-corrected chi connectivity index (χ3v) is 2.64. The van der Waals surface area contributed by atoms with E-state index in [1.54, 1.807) is 19.1 Å². The molecule has 1 aliphatic carbocycles. The highest BCUT2D eigenvalue weighted by Gasteiger charge is 2.51. The Hall–Kier alpha value is -1.58. The maximum Gasteiger partial charge on any atom is 0.331 e. The number of carbonyl (C=O) groups excluding carboxylic acids is 1. The van der Waals surface area contributed by atoms with Crippen LogP contribution in [0.3, 0.4) is 0 Å². The van der Waals surface area contributed by atoms with Gasteiger partial charge >= 0.3 is 5.97 Å². The van der Waals surface area contributed by atoms with Crippen molar-refractivity contribution in [3.8, 4) is 0 Å². The summed E-state index contributed by atoms with van der Waals surface area (Å²) in [6.07, 6.45) is 1.53. The second kappa shape index (κ2) is 4.12. The van der Waals surface area contributed by atoms with Gasteiger partial charge in [0.25, 0.3) is 0 Å². The van der Waals surface area contributed by atoms with Gasteiger partial charge in [-0.3, -0.25) is 0 Å². The molecular weight excluding hydrogens is 209 g/mol. The van der Waals surface area contributed by atoms with Crippen molar-refractivity contribution in [2.24, 2.45) is 0 Å². The first-order valence-corrected chi connectivity index (χ1v) is 5.37. The molecule has 1 aromatic carbocycles. The topological polar surface area (TPSA) is 38.3 Å². The van der Waals surface area contributed by atoms with Gasteiger partial charge in [-0.25, -0.2) is 9.18 Å². The molecule has 16 heavy (non-hydrogen) atoms. The first-order valence-electron chi connectivity index (χ1n) is 5.37. The highest BCUT2D eigenvalue weighted by Crippen LogP contribution is 2.40. The maximum atomic E-state index is 12.7. The number of benzene rings is 1. The molecule has 1 saturated carbocycles. The summed E-state index contributed by atoms with van der Waals surface area (Å²) < 4.78 is 17.7. The molecule has 1 aromatic rings. The Morgan fingerprint density at radius 1 is 1.44 bits per heavy atom. The molecule has 0 spiro atoms. The third kappa shape index (κ3) is 2.15. The van der Waals surface area contributed by atoms with Gasteiger partial charge in [0.2, 0.25) is 0 Å². The zero-order chi connectivity index (χ0) is 11.6. The van der Waals surface area contributed by atoms with Gasteiger partial charge in [-0.05, 0) is 44.0 Å². The molecule has 0 radical (unpaired) electrons. The van der Waals surface area contributed by atoms with Crippen molar-refractivity contribution >= 4 is 11.7 Å². The summed E-state index contributed by atoms with van der Waals surface area (Å²) in [6, 6.07) is 5.97. The molecule has 0 bridgehead atoms. The van der Waals surface area contributed by atoms with Crippen LogP contribution in [0.1, 0.15) is 19.8 Å². The van der Waals surface area contributed by atoms with Crippen molar-refractivity contribution in [2.75, 3.05) is 11.9 Å². The van der Waals surface area contributed by atoms with E-state index in [4.69, 9.17) is 4.74 Å². The number of carbonyl (C=O) groups is 1. The van der Waals surface area contributed by atoms with Gasteiger partial charge < -0.3 is 10.1 Å². The summed E-state index contributed by atoms with van der Waals surface area (Å²) in [4.78, 5) is 11.6. The van der Waals surface area contributed by atoms with E-state index in [2.05, 4.69) is 5.32 Å². The first kappa shape index (κ1) is 10.9. The number of anilines is 1. The Bertz CT molecular complexity index is 385. The number of halogens is 1. The third-order valence-electron chi connectivity index (χ3n) is 2.64. The van der Waals surface area contributed by atoms with Crippen LogP contribution < -0.4 is 5.32 Å². The van der Waals surface area contributed by atoms with Crippen molar-refractivity contribution in [3.05, 3.63) is 30.1 Å². The number of nitrogens with one attached hydrogen (secondary N) is 1. The van der Waals surface area contributed by atoms with Crippen LogP contribution in [0.4, 0.5) is 10.1 Å². The lowest BCUT2D eigenvalue weighted by Gasteiger charge is -2.16. The molecular formula is C12H14FNO2. The fraction of sp³-hybridized carbons (Fsp3) is 0.417. The normalized spacial score (nSPS) is 16.6. The number of esters is 1. The van der Waals surface area contributed by atoms with E-state index in [1.165, 1.54) is 12.1 Å². The molecule has 0 aliphatic heterocycles. The Kier molecular flexibility index (Phi) is 2.81. The average molecular weight is 223 g/mol. The quantitative estimate of drug-likeness (QED) is 0.796. The predicted octanol–water partition coefficient (Wildman–Crippen LogP) is 2.33. The van der Waals surface area contributed by atoms with Crippen LogP contribution in [0.2, 0.25) is 0 Å². The molecule has 1 fully saturated rings. The molecule has 1 N–H and O–H groups in total. The Morgan fingerprint density at radius 2 is 2.06 bits per heavy atom. The van der Waals surface area contributed by atoms with Gasteiger partial charge in [-0.2, -0.15) is 0 Å². The van der Waals surface area contributed by atoms with Crippen molar-refractivity contribution < 1.29 is 13.9 Å². The summed E-state index contributed by atoms with van der Waals surface area (Å²) in [7, 11) is 0. The first-order chi connectivity index (χ1) is 7.66. The molecule has 1 aliphatic rings. The number of rotatable bonds is 4. The van der Waals surface area contributed by atoms with Gasteiger partial charge in [-0.1, -0.05) is 0 Å². The lowest BCUT2D eigenvalue weighted by atomic mass is 10.2. The van der Waals surface area contributed by atoms with Gasteiger partial charge in [-0.15, -0.1) is 0 Å². The Morgan fingerprint density at radius 3 is 2.56 bits per heavy atom. The average Bonchev–Trinajstić information content (AvgIpc) is 3.03. The van der Waals surface area contributed by atoms with Crippen LogP contribution >= 0.6 is 0 Å². The molecule has 0 heterocycles. The smallest absolute Gasteiger partial charge is 0.331 e. The highest BCUT2D eigenvalue weighted by atomic mass is 19.1. The van der Waals surface area contributed by atoms with E-state index in [0.29, 0.717) is 6.61 Å². The van der Waals surface area contributed by atoms with Crippen molar-refractivity contribution in [1.29, 1.82) is 0 Å². The molecule has 0 atom stereocenters. The minimum atomic E-state index is -0.576. The SMILES string of the molecule is CCOC(=O)C1(Nc2ccc(F)cc2)CC1. The summed E-state index contributed by atoms with van der Waals surface area (Å²) in [5, 5.41) is 3.10. The standard InChI is InChI=1S/C12H14FNO2/c1-2-16-11(15)12(7-8-12)14-10-5-3-9(13)4-6-10/h3-6,14H,2,7-8H2,1H3. The van der Waals surface area contributed by atoms with Crippen molar-refractivity contribution in [1.82, 2.24) is 0 Å². The van der Waals surface area contributed by atoms with Gasteiger partial charge in [0, 0.05) is 5.69 Å². The maximum absolute atomic E-state index is 12.7. The molecule has 4 heteroatoms. The highest BCUT2D eigenvalue weighted by molar-refractivity contribution is 5.88. The zero-order valence-corrected chi connectivity index (χ0v) is 9.13. The summed E-state index contributed by atoms with van der Waals surface area (Å²) in [5.74, 6) is -0.508. The Labute approximate surface area is 93.6 Å². The van der Waals surface area contributed by atoms with Gasteiger partial charge in [0.05, 0.1) is 6.61 Å². The lowest BCUT2D eigenvalue weighted by molar-refractivity contribution is -0.145. The molecule has 0 amide bonds. The summed E-state index contributed by atoms with van der Waals surface area (Å²) in [5.41, 5.74) is 0.167. The second-order valence-corrected chi connectivity index (χ2v) is 3.93. The van der Waals surface area contributed by atoms with E-state index in [-0.39, 0.29) is 11.8 Å². The van der Waals surface area contributed by atoms with Crippen LogP contribution in [-0.2, 0) is 9.53 Å². The van der Waals surface area contributed by atoms with Crippen LogP contribution in [0.15, 0.2) is 24.3 Å². The molecule has 0 aromatic heterocycles. The molecule has 86 valence electrons. The van der Waals surface area contributed by atoms with E-state index in [0.717, 1.165) is 18.5 Å². The minimum Gasteiger partial charge on any atom is -0.464 e. The van der Waals surface area contributed by atoms with E-state index in [9.17, 15) is 9.18 Å². The van der Waals surface area contributed by atoms with Crippen LogP contribution in [0, 0.1) is 5.82 Å². The monoisotopic (exact) mass is 223 g/mol. The summed E-state index contributed by atoms with van der Waals surface area (Å²) >= 11 is 0. The van der Waals surface area contributed by atoms with Gasteiger partial charge in [0.15, 0.2) is 0 Å².